The molecule has 0 spiro atoms. The van der Waals surface area contributed by atoms with Crippen LogP contribution in [0.15, 0.2) is 66.1 Å². The molecule has 0 aliphatic carbocycles. The third kappa shape index (κ3) is 4.75. The predicted octanol–water partition coefficient (Wildman–Crippen LogP) is 2.33. The number of aromatic hydroxyl groups is 1. The van der Waals surface area contributed by atoms with Gasteiger partial charge in [-0.2, -0.15) is 0 Å². The fourth-order valence-corrected chi connectivity index (χ4v) is 3.63. The van der Waals surface area contributed by atoms with Crippen LogP contribution in [0.4, 0.5) is 0 Å². The normalized spacial score (nSPS) is 21.5. The molecule has 0 radical (unpaired) electrons. The van der Waals surface area contributed by atoms with Gasteiger partial charge in [0.05, 0.1) is 23.4 Å². The van der Waals surface area contributed by atoms with Crippen LogP contribution >= 0.6 is 0 Å². The number of allylic oxidation sites excluding steroid dienone is 1. The van der Waals surface area contributed by atoms with E-state index in [0.29, 0.717) is 23.5 Å². The number of nitrogens with two attached hydrogens (primary N) is 3. The van der Waals surface area contributed by atoms with Gasteiger partial charge in [-0.25, -0.2) is 4.79 Å². The summed E-state index contributed by atoms with van der Waals surface area (Å²) in [4.78, 5) is 13.2. The highest BCUT2D eigenvalue weighted by atomic mass is 16.5. The SMILES string of the molecule is CC1OC(c2ccc(C(=O)O)cc2)CN(C(/C=C(\N)c2ccccc2O)=C(N)N)C1C. The number of aromatic carboxylic acids is 1. The first-order chi connectivity index (χ1) is 14.7. The zero-order chi connectivity index (χ0) is 22.7. The number of carbonyl (C=O) groups is 1. The molecule has 1 heterocycles. The molecule has 3 atom stereocenters. The van der Waals surface area contributed by atoms with E-state index < -0.39 is 5.97 Å². The van der Waals surface area contributed by atoms with Crippen LogP contribution in [0.3, 0.4) is 0 Å². The zero-order valence-electron chi connectivity index (χ0n) is 17.5. The van der Waals surface area contributed by atoms with E-state index in [4.69, 9.17) is 27.0 Å². The molecule has 8 heteroatoms. The van der Waals surface area contributed by atoms with E-state index in [2.05, 4.69) is 0 Å². The highest BCUT2D eigenvalue weighted by Crippen LogP contribution is 2.33. The number of phenolic OH excluding ortho intramolecular Hbond substituents is 1. The Morgan fingerprint density at radius 3 is 2.32 bits per heavy atom. The lowest BCUT2D eigenvalue weighted by Crippen LogP contribution is -2.49. The van der Waals surface area contributed by atoms with E-state index in [9.17, 15) is 9.90 Å². The number of para-hydroxylation sites is 1. The lowest BCUT2D eigenvalue weighted by Gasteiger charge is -2.44. The lowest BCUT2D eigenvalue weighted by molar-refractivity contribution is -0.0972. The molecule has 0 amide bonds. The van der Waals surface area contributed by atoms with Crippen molar-refractivity contribution < 1.29 is 19.7 Å². The van der Waals surface area contributed by atoms with Gasteiger partial charge in [0.25, 0.3) is 0 Å². The van der Waals surface area contributed by atoms with Gasteiger partial charge in [0.2, 0.25) is 0 Å². The number of carboxylic acid groups (broad SMARTS) is 1. The standard InChI is InChI=1S/C23H28N4O4/c1-13-14(2)31-21(15-7-9-16(10-8-15)23(29)30)12-27(13)19(22(25)26)11-18(24)17-5-3-4-6-20(17)28/h3-11,13-14,21,28H,12,24-26H2,1-2H3,(H,29,30)/b18-11-. The maximum absolute atomic E-state index is 11.1. The Morgan fingerprint density at radius 1 is 1.10 bits per heavy atom. The third-order valence-electron chi connectivity index (χ3n) is 5.55. The molecule has 8 nitrogen and oxygen atoms in total. The topological polar surface area (TPSA) is 148 Å². The quantitative estimate of drug-likeness (QED) is 0.459. The first kappa shape index (κ1) is 22.0. The number of rotatable bonds is 5. The highest BCUT2D eigenvalue weighted by molar-refractivity contribution is 5.87. The van der Waals surface area contributed by atoms with Crippen LogP contribution in [-0.4, -0.2) is 39.8 Å². The van der Waals surface area contributed by atoms with E-state index in [0.717, 1.165) is 5.56 Å². The van der Waals surface area contributed by atoms with Crippen LogP contribution in [0.25, 0.3) is 5.70 Å². The second kappa shape index (κ2) is 9.01. The second-order valence-corrected chi connectivity index (χ2v) is 7.61. The van der Waals surface area contributed by atoms with Crippen molar-refractivity contribution in [3.8, 4) is 5.75 Å². The van der Waals surface area contributed by atoms with Crippen molar-refractivity contribution in [2.75, 3.05) is 6.54 Å². The summed E-state index contributed by atoms with van der Waals surface area (Å²) in [5.74, 6) is -0.823. The number of morpholine rings is 1. The number of carboxylic acids is 1. The minimum Gasteiger partial charge on any atom is -0.507 e. The van der Waals surface area contributed by atoms with Crippen molar-refractivity contribution in [2.45, 2.75) is 32.1 Å². The van der Waals surface area contributed by atoms with E-state index in [-0.39, 0.29) is 35.4 Å². The number of nitrogens with zero attached hydrogens (tertiary/aromatic N) is 1. The monoisotopic (exact) mass is 424 g/mol. The summed E-state index contributed by atoms with van der Waals surface area (Å²) in [6.45, 7) is 4.40. The predicted molar refractivity (Wildman–Crippen MR) is 119 cm³/mol. The van der Waals surface area contributed by atoms with Crippen molar-refractivity contribution in [1.29, 1.82) is 0 Å². The Kier molecular flexibility index (Phi) is 6.41. The second-order valence-electron chi connectivity index (χ2n) is 7.61. The fourth-order valence-electron chi connectivity index (χ4n) is 3.63. The first-order valence-electron chi connectivity index (χ1n) is 9.95. The Balaban J connectivity index is 1.93. The summed E-state index contributed by atoms with van der Waals surface area (Å²) in [6, 6.07) is 13.3. The molecule has 1 aliphatic rings. The Labute approximate surface area is 181 Å². The summed E-state index contributed by atoms with van der Waals surface area (Å²) in [5.41, 5.74) is 20.7. The summed E-state index contributed by atoms with van der Waals surface area (Å²) in [5, 5.41) is 19.2. The van der Waals surface area contributed by atoms with Crippen molar-refractivity contribution >= 4 is 11.7 Å². The van der Waals surface area contributed by atoms with Gasteiger partial charge in [0.1, 0.15) is 17.7 Å². The maximum atomic E-state index is 11.1. The Bertz CT molecular complexity index is 1010. The largest absolute Gasteiger partial charge is 0.507 e. The molecule has 3 rings (SSSR count). The summed E-state index contributed by atoms with van der Waals surface area (Å²) < 4.78 is 6.17. The molecule has 8 N–H and O–H groups in total. The summed E-state index contributed by atoms with van der Waals surface area (Å²) >= 11 is 0. The van der Waals surface area contributed by atoms with Crippen LogP contribution in [0.5, 0.6) is 5.75 Å². The number of benzene rings is 2. The average Bonchev–Trinajstić information content (AvgIpc) is 2.74. The number of hydrogen-bond donors (Lipinski definition) is 5. The van der Waals surface area contributed by atoms with E-state index in [1.807, 2.05) is 18.7 Å². The van der Waals surface area contributed by atoms with E-state index in [1.165, 1.54) is 0 Å². The van der Waals surface area contributed by atoms with Crippen molar-refractivity contribution in [3.63, 3.8) is 0 Å². The molecule has 164 valence electrons. The average molecular weight is 425 g/mol. The molecule has 1 saturated heterocycles. The Hall–Kier alpha value is -3.65. The molecular weight excluding hydrogens is 396 g/mol. The van der Waals surface area contributed by atoms with Gasteiger partial charge in [-0.3, -0.25) is 0 Å². The van der Waals surface area contributed by atoms with Gasteiger partial charge in [0.15, 0.2) is 0 Å². The van der Waals surface area contributed by atoms with Crippen LogP contribution in [0, 0.1) is 0 Å². The van der Waals surface area contributed by atoms with Gasteiger partial charge >= 0.3 is 5.97 Å². The number of hydrogen-bond acceptors (Lipinski definition) is 7. The van der Waals surface area contributed by atoms with Gasteiger partial charge in [-0.15, -0.1) is 0 Å². The van der Waals surface area contributed by atoms with Gasteiger partial charge in [-0.1, -0.05) is 24.3 Å². The fraction of sp³-hybridized carbons (Fsp3) is 0.261. The molecular formula is C23H28N4O4. The minimum atomic E-state index is -0.981. The summed E-state index contributed by atoms with van der Waals surface area (Å²) in [6.07, 6.45) is 1.18. The van der Waals surface area contributed by atoms with Crippen molar-refractivity contribution in [2.24, 2.45) is 17.2 Å². The molecule has 2 aromatic carbocycles. The van der Waals surface area contributed by atoms with Crippen LogP contribution in [0.1, 0.15) is 41.4 Å². The van der Waals surface area contributed by atoms with Gasteiger partial charge < -0.3 is 37.1 Å². The molecule has 1 fully saturated rings. The minimum absolute atomic E-state index is 0.0555. The van der Waals surface area contributed by atoms with Gasteiger partial charge in [0, 0.05) is 17.8 Å². The number of phenols is 1. The first-order valence-corrected chi connectivity index (χ1v) is 9.95. The molecule has 2 aromatic rings. The molecule has 31 heavy (non-hydrogen) atoms. The third-order valence-corrected chi connectivity index (χ3v) is 5.55. The van der Waals surface area contributed by atoms with Crippen LogP contribution < -0.4 is 17.2 Å². The smallest absolute Gasteiger partial charge is 0.335 e. The van der Waals surface area contributed by atoms with Crippen LogP contribution in [0.2, 0.25) is 0 Å². The molecule has 0 saturated carbocycles. The molecule has 0 aromatic heterocycles. The van der Waals surface area contributed by atoms with Gasteiger partial charge in [-0.05, 0) is 49.8 Å². The van der Waals surface area contributed by atoms with Crippen molar-refractivity contribution in [1.82, 2.24) is 4.90 Å². The number of ether oxygens (including phenoxy) is 1. The Morgan fingerprint density at radius 2 is 1.74 bits per heavy atom. The zero-order valence-corrected chi connectivity index (χ0v) is 17.5. The maximum Gasteiger partial charge on any atom is 0.335 e. The van der Waals surface area contributed by atoms with Crippen molar-refractivity contribution in [3.05, 3.63) is 82.8 Å². The van der Waals surface area contributed by atoms with E-state index in [1.54, 1.807) is 54.6 Å². The lowest BCUT2D eigenvalue weighted by atomic mass is 10.0. The summed E-state index contributed by atoms with van der Waals surface area (Å²) in [7, 11) is 0. The van der Waals surface area contributed by atoms with Crippen LogP contribution in [-0.2, 0) is 4.74 Å². The highest BCUT2D eigenvalue weighted by Gasteiger charge is 2.34. The molecule has 0 bridgehead atoms. The van der Waals surface area contributed by atoms with E-state index >= 15 is 0 Å². The molecule has 3 unspecified atom stereocenters. The molecule has 1 aliphatic heterocycles.